The predicted molar refractivity (Wildman–Crippen MR) is 103 cm³/mol. The van der Waals surface area contributed by atoms with Crippen molar-refractivity contribution in [1.29, 1.82) is 0 Å². The molecule has 0 saturated carbocycles. The van der Waals surface area contributed by atoms with E-state index >= 15 is 0 Å². The van der Waals surface area contributed by atoms with Gasteiger partial charge in [0.2, 0.25) is 5.91 Å². The normalized spacial score (nSPS) is 14.5. The second-order valence-electron chi connectivity index (χ2n) is 7.04. The van der Waals surface area contributed by atoms with Gasteiger partial charge in [0.1, 0.15) is 11.3 Å². The van der Waals surface area contributed by atoms with Gasteiger partial charge in [-0.1, -0.05) is 36.3 Å². The van der Waals surface area contributed by atoms with E-state index in [4.69, 9.17) is 4.52 Å². The van der Waals surface area contributed by atoms with E-state index in [9.17, 15) is 9.59 Å². The van der Waals surface area contributed by atoms with Gasteiger partial charge in [-0.15, -0.1) is 0 Å². The van der Waals surface area contributed by atoms with E-state index in [1.54, 1.807) is 18.7 Å². The van der Waals surface area contributed by atoms with Crippen LogP contribution in [0.15, 0.2) is 28.8 Å². The summed E-state index contributed by atoms with van der Waals surface area (Å²) in [7, 11) is 0. The first-order chi connectivity index (χ1) is 13.0. The Kier molecular flexibility index (Phi) is 5.94. The first-order valence-corrected chi connectivity index (χ1v) is 9.57. The van der Waals surface area contributed by atoms with Crippen LogP contribution >= 0.6 is 0 Å². The number of rotatable bonds is 5. The van der Waals surface area contributed by atoms with Gasteiger partial charge < -0.3 is 14.3 Å². The third-order valence-electron chi connectivity index (χ3n) is 5.23. The van der Waals surface area contributed by atoms with Crippen molar-refractivity contribution in [2.24, 2.45) is 0 Å². The minimum absolute atomic E-state index is 0.0608. The highest BCUT2D eigenvalue weighted by atomic mass is 16.5. The fourth-order valence-corrected chi connectivity index (χ4v) is 3.46. The van der Waals surface area contributed by atoms with Gasteiger partial charge in [-0.25, -0.2) is 0 Å². The number of hydrogen-bond donors (Lipinski definition) is 0. The highest BCUT2D eigenvalue weighted by molar-refractivity contribution is 5.96. The van der Waals surface area contributed by atoms with E-state index in [-0.39, 0.29) is 11.8 Å². The Hall–Kier alpha value is -2.63. The summed E-state index contributed by atoms with van der Waals surface area (Å²) in [5, 5.41) is 3.85. The topological polar surface area (TPSA) is 66.7 Å². The molecule has 0 atom stereocenters. The van der Waals surface area contributed by atoms with Crippen LogP contribution in [0.2, 0.25) is 0 Å². The Morgan fingerprint density at radius 1 is 1.00 bits per heavy atom. The fraction of sp³-hybridized carbons (Fsp3) is 0.476. The van der Waals surface area contributed by atoms with Gasteiger partial charge in [0.15, 0.2) is 0 Å². The lowest BCUT2D eigenvalue weighted by Crippen LogP contribution is -2.50. The monoisotopic (exact) mass is 369 g/mol. The van der Waals surface area contributed by atoms with Gasteiger partial charge in [0, 0.05) is 32.6 Å². The molecule has 1 aromatic heterocycles. The summed E-state index contributed by atoms with van der Waals surface area (Å²) < 4.78 is 5.09. The summed E-state index contributed by atoms with van der Waals surface area (Å²) in [6, 6.07) is 8.45. The number of aryl methyl sites for hydroxylation is 4. The van der Waals surface area contributed by atoms with Crippen molar-refractivity contribution in [3.8, 4) is 0 Å². The zero-order chi connectivity index (χ0) is 19.4. The molecule has 1 aliphatic heterocycles. The molecule has 6 heteroatoms. The van der Waals surface area contributed by atoms with Crippen molar-refractivity contribution < 1.29 is 14.1 Å². The van der Waals surface area contributed by atoms with Gasteiger partial charge in [-0.05, 0) is 37.8 Å². The van der Waals surface area contributed by atoms with Crippen molar-refractivity contribution in [2.75, 3.05) is 26.2 Å². The summed E-state index contributed by atoms with van der Waals surface area (Å²) in [5.41, 5.74) is 3.66. The van der Waals surface area contributed by atoms with Gasteiger partial charge in [0.25, 0.3) is 5.91 Å². The van der Waals surface area contributed by atoms with Crippen LogP contribution in [0.4, 0.5) is 0 Å². The number of hydrogen-bond acceptors (Lipinski definition) is 4. The highest BCUT2D eigenvalue weighted by Gasteiger charge is 2.28. The van der Waals surface area contributed by atoms with Crippen molar-refractivity contribution in [1.82, 2.24) is 15.0 Å². The molecule has 6 nitrogen and oxygen atoms in total. The number of aromatic nitrogens is 1. The minimum Gasteiger partial charge on any atom is -0.361 e. The molecule has 0 unspecified atom stereocenters. The first kappa shape index (κ1) is 19.1. The van der Waals surface area contributed by atoms with Crippen molar-refractivity contribution in [2.45, 2.75) is 40.0 Å². The molecule has 0 radical (unpaired) electrons. The van der Waals surface area contributed by atoms with E-state index in [2.05, 4.69) is 36.3 Å². The Morgan fingerprint density at radius 3 is 2.15 bits per heavy atom. The molecule has 1 aromatic carbocycles. The van der Waals surface area contributed by atoms with Crippen molar-refractivity contribution in [3.63, 3.8) is 0 Å². The molecule has 27 heavy (non-hydrogen) atoms. The SMILES string of the molecule is CCc1ccc(CCC(=O)N2CCN(C(=O)c3c(C)noc3C)CC2)cc1. The molecule has 0 spiro atoms. The average molecular weight is 369 g/mol. The molecule has 2 aromatic rings. The number of piperazine rings is 1. The standard InChI is InChI=1S/C21H27N3O3/c1-4-17-5-7-18(8-6-17)9-10-19(25)23-11-13-24(14-12-23)21(26)20-15(2)22-27-16(20)3/h5-8H,4,9-14H2,1-3H3. The number of benzene rings is 1. The molecule has 1 saturated heterocycles. The smallest absolute Gasteiger partial charge is 0.259 e. The third-order valence-corrected chi connectivity index (χ3v) is 5.23. The third kappa shape index (κ3) is 4.38. The average Bonchev–Trinajstić information content (AvgIpc) is 3.04. The minimum atomic E-state index is -0.0608. The van der Waals surface area contributed by atoms with Crippen LogP contribution in [0, 0.1) is 13.8 Å². The van der Waals surface area contributed by atoms with Gasteiger partial charge >= 0.3 is 0 Å². The van der Waals surface area contributed by atoms with Crippen molar-refractivity contribution in [3.05, 3.63) is 52.4 Å². The number of carbonyl (C=O) groups is 2. The molecular formula is C21H27N3O3. The first-order valence-electron chi connectivity index (χ1n) is 9.57. The molecular weight excluding hydrogens is 342 g/mol. The highest BCUT2D eigenvalue weighted by Crippen LogP contribution is 2.17. The van der Waals surface area contributed by atoms with Gasteiger partial charge in [0.05, 0.1) is 5.69 Å². The van der Waals surface area contributed by atoms with Crippen LogP contribution in [0.5, 0.6) is 0 Å². The van der Waals surface area contributed by atoms with Gasteiger partial charge in [-0.3, -0.25) is 9.59 Å². The predicted octanol–water partition coefficient (Wildman–Crippen LogP) is 2.77. The fourth-order valence-electron chi connectivity index (χ4n) is 3.46. The molecule has 0 aliphatic carbocycles. The summed E-state index contributed by atoms with van der Waals surface area (Å²) >= 11 is 0. The van der Waals surface area contributed by atoms with E-state index in [0.717, 1.165) is 12.8 Å². The van der Waals surface area contributed by atoms with Crippen LogP contribution in [-0.4, -0.2) is 52.9 Å². The van der Waals surface area contributed by atoms with E-state index in [0.29, 0.717) is 49.6 Å². The number of carbonyl (C=O) groups excluding carboxylic acids is 2. The molecule has 1 aliphatic rings. The molecule has 144 valence electrons. The molecule has 0 bridgehead atoms. The van der Waals surface area contributed by atoms with E-state index in [1.807, 2.05) is 4.90 Å². The molecule has 2 amide bonds. The maximum absolute atomic E-state index is 12.7. The maximum atomic E-state index is 12.7. The second kappa shape index (κ2) is 8.37. The van der Waals surface area contributed by atoms with Crippen LogP contribution in [0.1, 0.15) is 46.3 Å². The second-order valence-corrected chi connectivity index (χ2v) is 7.04. The van der Waals surface area contributed by atoms with E-state index < -0.39 is 0 Å². The quantitative estimate of drug-likeness (QED) is 0.813. The summed E-state index contributed by atoms with van der Waals surface area (Å²) in [6.45, 7) is 7.89. The molecule has 1 fully saturated rings. The Balaban J connectivity index is 1.49. The molecule has 0 N–H and O–H groups in total. The molecule has 2 heterocycles. The number of amides is 2. The zero-order valence-electron chi connectivity index (χ0n) is 16.3. The Morgan fingerprint density at radius 2 is 1.59 bits per heavy atom. The van der Waals surface area contributed by atoms with Crippen LogP contribution in [0.3, 0.4) is 0 Å². The lowest BCUT2D eigenvalue weighted by atomic mass is 10.1. The summed E-state index contributed by atoms with van der Waals surface area (Å²) in [4.78, 5) is 28.8. The van der Waals surface area contributed by atoms with E-state index in [1.165, 1.54) is 11.1 Å². The van der Waals surface area contributed by atoms with Crippen molar-refractivity contribution >= 4 is 11.8 Å². The van der Waals surface area contributed by atoms with Crippen LogP contribution in [-0.2, 0) is 17.6 Å². The summed E-state index contributed by atoms with van der Waals surface area (Å²) in [5.74, 6) is 0.637. The summed E-state index contributed by atoms with van der Waals surface area (Å²) in [6.07, 6.45) is 2.28. The maximum Gasteiger partial charge on any atom is 0.259 e. The molecule has 3 rings (SSSR count). The van der Waals surface area contributed by atoms with Gasteiger partial charge in [-0.2, -0.15) is 0 Å². The van der Waals surface area contributed by atoms with Crippen LogP contribution < -0.4 is 0 Å². The Labute approximate surface area is 160 Å². The zero-order valence-corrected chi connectivity index (χ0v) is 16.3. The van der Waals surface area contributed by atoms with Crippen LogP contribution in [0.25, 0.3) is 0 Å². The Bertz CT molecular complexity index is 783. The lowest BCUT2D eigenvalue weighted by molar-refractivity contribution is -0.132. The lowest BCUT2D eigenvalue weighted by Gasteiger charge is -2.34. The number of nitrogens with zero attached hydrogens (tertiary/aromatic N) is 3. The largest absolute Gasteiger partial charge is 0.361 e.